The zero-order valence-corrected chi connectivity index (χ0v) is 24.3. The number of imide groups is 1. The maximum atomic E-state index is 14.0. The second kappa shape index (κ2) is 10.7. The van der Waals surface area contributed by atoms with Crippen molar-refractivity contribution in [3.63, 3.8) is 0 Å². The molecule has 3 atom stereocenters. The summed E-state index contributed by atoms with van der Waals surface area (Å²) in [6.45, 7) is 3.63. The molecule has 0 spiro atoms. The number of carbonyl (C=O) groups is 3. The van der Waals surface area contributed by atoms with Crippen molar-refractivity contribution < 1.29 is 19.1 Å². The lowest BCUT2D eigenvalue weighted by Crippen LogP contribution is -2.33. The monoisotopic (exact) mass is 585 g/mol. The summed E-state index contributed by atoms with van der Waals surface area (Å²) in [5.74, 6) is -1.56. The third kappa shape index (κ3) is 4.76. The Morgan fingerprint density at radius 1 is 0.927 bits per heavy atom. The van der Waals surface area contributed by atoms with E-state index in [2.05, 4.69) is 5.32 Å². The van der Waals surface area contributed by atoms with Gasteiger partial charge in [-0.1, -0.05) is 71.1 Å². The molecule has 3 aromatic carbocycles. The van der Waals surface area contributed by atoms with Crippen molar-refractivity contribution in [1.82, 2.24) is 4.57 Å². The lowest BCUT2D eigenvalue weighted by molar-refractivity contribution is -0.122. The van der Waals surface area contributed by atoms with E-state index in [0.717, 1.165) is 28.0 Å². The molecular formula is C31H27N3O5S2. The van der Waals surface area contributed by atoms with Crippen molar-refractivity contribution in [1.29, 1.82) is 0 Å². The van der Waals surface area contributed by atoms with Crippen LogP contribution in [0.25, 0.3) is 0 Å². The van der Waals surface area contributed by atoms with Gasteiger partial charge in [-0.05, 0) is 55.3 Å². The molecule has 4 aromatic rings. The molecule has 1 aromatic heterocycles. The lowest BCUT2D eigenvalue weighted by atomic mass is 9.83. The molecule has 1 N–H and O–H groups in total. The number of aromatic nitrogens is 1. The Morgan fingerprint density at radius 3 is 2.32 bits per heavy atom. The van der Waals surface area contributed by atoms with E-state index in [0.29, 0.717) is 27.0 Å². The Balaban J connectivity index is 1.41. The van der Waals surface area contributed by atoms with Crippen LogP contribution in [0.1, 0.15) is 27.5 Å². The first kappa shape index (κ1) is 27.0. The summed E-state index contributed by atoms with van der Waals surface area (Å²) in [6, 6.07) is 22.1. The molecule has 208 valence electrons. The van der Waals surface area contributed by atoms with Gasteiger partial charge < -0.3 is 10.1 Å². The summed E-state index contributed by atoms with van der Waals surface area (Å²) < 4.78 is 6.76. The molecule has 1 saturated heterocycles. The SMILES string of the molecule is COc1ccc([C@H]2c3sc(=O)n(CC(=O)Nc4ccccc4C)c3SC3C(=O)N(c4ccc(C)cc4)C(=O)C32)cc1. The van der Waals surface area contributed by atoms with E-state index in [1.54, 1.807) is 37.4 Å². The Kier molecular flexibility index (Phi) is 7.04. The number of aryl methyl sites for hydroxylation is 2. The number of amides is 3. The summed E-state index contributed by atoms with van der Waals surface area (Å²) in [6.07, 6.45) is 0. The lowest BCUT2D eigenvalue weighted by Gasteiger charge is -2.30. The number of benzene rings is 3. The van der Waals surface area contributed by atoms with Crippen LogP contribution in [-0.4, -0.2) is 34.6 Å². The number of fused-ring (bicyclic) bond motifs is 2. The maximum Gasteiger partial charge on any atom is 0.308 e. The molecule has 0 saturated carbocycles. The topological polar surface area (TPSA) is 97.7 Å². The summed E-state index contributed by atoms with van der Waals surface area (Å²) in [5.41, 5.74) is 3.91. The van der Waals surface area contributed by atoms with Crippen LogP contribution in [0.4, 0.5) is 11.4 Å². The van der Waals surface area contributed by atoms with Gasteiger partial charge in [-0.15, -0.1) is 0 Å². The van der Waals surface area contributed by atoms with Crippen molar-refractivity contribution in [2.45, 2.75) is 36.6 Å². The highest BCUT2D eigenvalue weighted by molar-refractivity contribution is 8.00. The van der Waals surface area contributed by atoms with Gasteiger partial charge in [0, 0.05) is 16.5 Å². The summed E-state index contributed by atoms with van der Waals surface area (Å²) in [4.78, 5) is 55.9. The van der Waals surface area contributed by atoms with E-state index in [1.165, 1.54) is 21.2 Å². The van der Waals surface area contributed by atoms with Crippen LogP contribution in [0.5, 0.6) is 5.75 Å². The van der Waals surface area contributed by atoms with Gasteiger partial charge >= 0.3 is 4.87 Å². The van der Waals surface area contributed by atoms with Gasteiger partial charge in [0.1, 0.15) is 17.5 Å². The van der Waals surface area contributed by atoms with E-state index in [-0.39, 0.29) is 29.1 Å². The Bertz CT molecular complexity index is 1730. The predicted molar refractivity (Wildman–Crippen MR) is 160 cm³/mol. The van der Waals surface area contributed by atoms with Crippen LogP contribution in [0.3, 0.4) is 0 Å². The van der Waals surface area contributed by atoms with Crippen LogP contribution in [-0.2, 0) is 20.9 Å². The average molecular weight is 586 g/mol. The number of hydrogen-bond acceptors (Lipinski definition) is 7. The highest BCUT2D eigenvalue weighted by Gasteiger charge is 2.56. The highest BCUT2D eigenvalue weighted by Crippen LogP contribution is 2.54. The fourth-order valence-electron chi connectivity index (χ4n) is 5.42. The molecule has 0 bridgehead atoms. The Labute approximate surface area is 245 Å². The van der Waals surface area contributed by atoms with E-state index in [9.17, 15) is 19.2 Å². The van der Waals surface area contributed by atoms with E-state index >= 15 is 0 Å². The van der Waals surface area contributed by atoms with Crippen LogP contribution in [0, 0.1) is 19.8 Å². The van der Waals surface area contributed by atoms with Crippen molar-refractivity contribution in [3.8, 4) is 5.75 Å². The number of nitrogens with zero attached hydrogens (tertiary/aromatic N) is 2. The van der Waals surface area contributed by atoms with Gasteiger partial charge in [0.25, 0.3) is 0 Å². The minimum absolute atomic E-state index is 0.206. The number of thiazole rings is 1. The second-order valence-electron chi connectivity index (χ2n) is 10.1. The van der Waals surface area contributed by atoms with Gasteiger partial charge in [0.05, 0.1) is 23.7 Å². The molecule has 2 aliphatic rings. The molecule has 3 heterocycles. The first-order valence-electron chi connectivity index (χ1n) is 13.1. The van der Waals surface area contributed by atoms with E-state index in [4.69, 9.17) is 4.74 Å². The van der Waals surface area contributed by atoms with Crippen LogP contribution < -0.4 is 19.8 Å². The quantitative estimate of drug-likeness (QED) is 0.321. The Morgan fingerprint density at radius 2 is 1.63 bits per heavy atom. The van der Waals surface area contributed by atoms with Crippen LogP contribution in [0.2, 0.25) is 0 Å². The summed E-state index contributed by atoms with van der Waals surface area (Å²) in [5, 5.41) is 2.69. The van der Waals surface area contributed by atoms with E-state index in [1.807, 2.05) is 56.3 Å². The average Bonchev–Trinajstić information content (AvgIpc) is 3.41. The van der Waals surface area contributed by atoms with Crippen LogP contribution in [0.15, 0.2) is 82.6 Å². The summed E-state index contributed by atoms with van der Waals surface area (Å²) in [7, 11) is 1.58. The highest BCUT2D eigenvalue weighted by atomic mass is 32.2. The molecule has 8 nitrogen and oxygen atoms in total. The number of methoxy groups -OCH3 is 1. The van der Waals surface area contributed by atoms with Crippen LogP contribution >= 0.6 is 23.1 Å². The van der Waals surface area contributed by atoms with Gasteiger partial charge in [-0.25, -0.2) is 4.90 Å². The molecular weight excluding hydrogens is 558 g/mol. The largest absolute Gasteiger partial charge is 0.497 e. The third-order valence-corrected chi connectivity index (χ3v) is 10.1. The Hall–Kier alpha value is -4.15. The van der Waals surface area contributed by atoms with Gasteiger partial charge in [0.15, 0.2) is 0 Å². The minimum Gasteiger partial charge on any atom is -0.497 e. The van der Waals surface area contributed by atoms with Crippen molar-refractivity contribution >= 4 is 52.2 Å². The molecule has 3 amide bonds. The molecule has 0 aliphatic carbocycles. The molecule has 10 heteroatoms. The van der Waals surface area contributed by atoms with Crippen molar-refractivity contribution in [2.24, 2.45) is 5.92 Å². The zero-order chi connectivity index (χ0) is 28.8. The van der Waals surface area contributed by atoms with Crippen molar-refractivity contribution in [3.05, 3.63) is 104 Å². The fourth-order valence-corrected chi connectivity index (χ4v) is 8.19. The standard InChI is InChI=1S/C31H27N3O5S2/c1-17-8-12-20(13-9-17)34-28(36)25-24(19-10-14-21(39-3)15-11-19)27-30(40-26(25)29(34)37)33(31(38)41-27)16-23(35)32-22-7-5-4-6-18(22)2/h4-15,24-26H,16H2,1-3H3,(H,32,35)/t24-,25?,26?/m1/s1. The molecule has 2 unspecified atom stereocenters. The molecule has 41 heavy (non-hydrogen) atoms. The van der Waals surface area contributed by atoms with Gasteiger partial charge in [-0.3, -0.25) is 23.7 Å². The first-order valence-corrected chi connectivity index (χ1v) is 14.8. The number of carbonyl (C=O) groups excluding carboxylic acids is 3. The third-order valence-electron chi connectivity index (χ3n) is 7.54. The summed E-state index contributed by atoms with van der Waals surface area (Å²) >= 11 is 2.23. The number of hydrogen-bond donors (Lipinski definition) is 1. The number of rotatable bonds is 6. The van der Waals surface area contributed by atoms with Gasteiger partial charge in [-0.2, -0.15) is 0 Å². The molecule has 1 fully saturated rings. The molecule has 0 radical (unpaired) electrons. The minimum atomic E-state index is -0.747. The van der Waals surface area contributed by atoms with E-state index < -0.39 is 17.1 Å². The smallest absolute Gasteiger partial charge is 0.308 e. The predicted octanol–water partition coefficient (Wildman–Crippen LogP) is 4.97. The normalized spacial score (nSPS) is 19.6. The van der Waals surface area contributed by atoms with Gasteiger partial charge in [0.2, 0.25) is 17.7 Å². The number of ether oxygens (including phenoxy) is 1. The first-order chi connectivity index (χ1) is 19.8. The number of thioether (sulfide) groups is 1. The van der Waals surface area contributed by atoms with Crippen molar-refractivity contribution in [2.75, 3.05) is 17.3 Å². The molecule has 2 aliphatic heterocycles. The fraction of sp³-hybridized carbons (Fsp3) is 0.226. The zero-order valence-electron chi connectivity index (χ0n) is 22.6. The number of anilines is 2. The number of nitrogens with one attached hydrogen (secondary N) is 1. The maximum absolute atomic E-state index is 14.0. The molecule has 6 rings (SSSR count). The number of para-hydroxylation sites is 1. The second-order valence-corrected chi connectivity index (χ2v) is 12.3.